The standard InChI is InChI=1S/C22H24ClN3O2/c1-27-18-3-5-19(6-4-18)28-15-14-25-10-12-26(13-11-25)22-8-9-24-21-16-17(23)2-7-20(21)22/h2-9,16H,10-15H2,1H3/p+2. The molecule has 2 N–H and O–H groups in total. The molecular formula is C22H26ClN3O2+2. The van der Waals surface area contributed by atoms with Gasteiger partial charge >= 0.3 is 0 Å². The number of ether oxygens (including phenoxy) is 2. The van der Waals surface area contributed by atoms with Gasteiger partial charge in [0.25, 0.3) is 0 Å². The molecule has 1 aliphatic rings. The molecule has 6 heteroatoms. The van der Waals surface area contributed by atoms with Crippen molar-refractivity contribution in [2.75, 3.05) is 51.3 Å². The molecule has 1 aromatic heterocycles. The third kappa shape index (κ3) is 4.32. The second-order valence-electron chi connectivity index (χ2n) is 7.06. The monoisotopic (exact) mass is 399 g/mol. The first kappa shape index (κ1) is 18.8. The van der Waals surface area contributed by atoms with Crippen molar-refractivity contribution >= 4 is 28.2 Å². The van der Waals surface area contributed by atoms with Gasteiger partial charge in [0.1, 0.15) is 24.7 Å². The molecule has 2 aromatic carbocycles. The highest BCUT2D eigenvalue weighted by molar-refractivity contribution is 6.31. The first-order valence-electron chi connectivity index (χ1n) is 9.68. The Morgan fingerprint density at radius 1 is 1.04 bits per heavy atom. The Morgan fingerprint density at radius 3 is 2.54 bits per heavy atom. The first-order valence-corrected chi connectivity index (χ1v) is 10.1. The Labute approximate surface area is 170 Å². The normalized spacial score (nSPS) is 15.0. The van der Waals surface area contributed by atoms with Gasteiger partial charge in [-0.15, -0.1) is 0 Å². The van der Waals surface area contributed by atoms with Crippen molar-refractivity contribution in [3.8, 4) is 11.5 Å². The quantitative estimate of drug-likeness (QED) is 0.690. The van der Waals surface area contributed by atoms with Crippen molar-refractivity contribution in [3.05, 3.63) is 59.8 Å². The van der Waals surface area contributed by atoms with Gasteiger partial charge < -0.3 is 19.3 Å². The maximum Gasteiger partial charge on any atom is 0.214 e. The van der Waals surface area contributed by atoms with E-state index in [-0.39, 0.29) is 0 Å². The number of aromatic amines is 1. The van der Waals surface area contributed by atoms with Crippen LogP contribution in [0.1, 0.15) is 0 Å². The van der Waals surface area contributed by atoms with Crippen LogP contribution in [0.4, 0.5) is 5.69 Å². The highest BCUT2D eigenvalue weighted by Gasteiger charge is 2.22. The SMILES string of the molecule is COc1ccc(OCC[NH+]2CCN(c3cc[nH+]c4cc(Cl)ccc34)CC2)cc1. The second-order valence-corrected chi connectivity index (χ2v) is 7.50. The average molecular weight is 400 g/mol. The van der Waals surface area contributed by atoms with Crippen LogP contribution >= 0.6 is 11.6 Å². The zero-order valence-corrected chi connectivity index (χ0v) is 16.8. The Kier molecular flexibility index (Phi) is 5.84. The Morgan fingerprint density at radius 2 is 1.79 bits per heavy atom. The number of quaternary nitrogens is 1. The van der Waals surface area contributed by atoms with Gasteiger partial charge in [0, 0.05) is 17.2 Å². The van der Waals surface area contributed by atoms with Crippen LogP contribution in [0.2, 0.25) is 5.02 Å². The van der Waals surface area contributed by atoms with E-state index in [2.05, 4.69) is 22.0 Å². The van der Waals surface area contributed by atoms with Crippen LogP contribution in [0.5, 0.6) is 11.5 Å². The highest BCUT2D eigenvalue weighted by Crippen LogP contribution is 2.26. The van der Waals surface area contributed by atoms with Crippen molar-refractivity contribution in [2.45, 2.75) is 0 Å². The number of piperazine rings is 1. The largest absolute Gasteiger partial charge is 0.497 e. The van der Waals surface area contributed by atoms with Crippen molar-refractivity contribution in [3.63, 3.8) is 0 Å². The van der Waals surface area contributed by atoms with E-state index in [4.69, 9.17) is 21.1 Å². The highest BCUT2D eigenvalue weighted by atomic mass is 35.5. The van der Waals surface area contributed by atoms with Gasteiger partial charge in [-0.1, -0.05) is 11.6 Å². The summed E-state index contributed by atoms with van der Waals surface area (Å²) in [5.41, 5.74) is 2.35. The van der Waals surface area contributed by atoms with E-state index >= 15 is 0 Å². The summed E-state index contributed by atoms with van der Waals surface area (Å²) < 4.78 is 11.1. The number of nitrogens with zero attached hydrogens (tertiary/aromatic N) is 1. The van der Waals surface area contributed by atoms with Crippen LogP contribution in [-0.2, 0) is 0 Å². The number of methoxy groups -OCH3 is 1. The molecule has 146 valence electrons. The van der Waals surface area contributed by atoms with Crippen molar-refractivity contribution in [1.82, 2.24) is 0 Å². The number of hydrogen-bond donors (Lipinski definition) is 1. The van der Waals surface area contributed by atoms with E-state index < -0.39 is 0 Å². The molecule has 0 spiro atoms. The minimum atomic E-state index is 0.726. The second kappa shape index (κ2) is 8.67. The molecule has 0 amide bonds. The summed E-state index contributed by atoms with van der Waals surface area (Å²) in [6.07, 6.45) is 2.00. The fraction of sp³-hybridized carbons (Fsp3) is 0.318. The lowest BCUT2D eigenvalue weighted by Gasteiger charge is -2.33. The number of pyridine rings is 1. The summed E-state index contributed by atoms with van der Waals surface area (Å²) in [4.78, 5) is 7.34. The third-order valence-electron chi connectivity index (χ3n) is 5.33. The van der Waals surface area contributed by atoms with Crippen molar-refractivity contribution < 1.29 is 19.4 Å². The summed E-state index contributed by atoms with van der Waals surface area (Å²) in [6, 6.07) is 16.0. The number of hydrogen-bond acceptors (Lipinski definition) is 3. The van der Waals surface area contributed by atoms with Crippen LogP contribution in [0.3, 0.4) is 0 Å². The Hall–Kier alpha value is -2.50. The van der Waals surface area contributed by atoms with Gasteiger partial charge in [0.2, 0.25) is 5.52 Å². The summed E-state index contributed by atoms with van der Waals surface area (Å²) in [7, 11) is 1.67. The van der Waals surface area contributed by atoms with E-state index in [0.29, 0.717) is 0 Å². The molecule has 0 unspecified atom stereocenters. The molecule has 0 radical (unpaired) electrons. The molecule has 1 saturated heterocycles. The molecule has 28 heavy (non-hydrogen) atoms. The van der Waals surface area contributed by atoms with Gasteiger partial charge in [0.15, 0.2) is 6.20 Å². The van der Waals surface area contributed by atoms with Crippen molar-refractivity contribution in [1.29, 1.82) is 0 Å². The molecule has 0 atom stereocenters. The van der Waals surface area contributed by atoms with Gasteiger partial charge in [-0.05, 0) is 36.4 Å². The molecule has 0 saturated carbocycles. The van der Waals surface area contributed by atoms with E-state index in [0.717, 1.165) is 61.4 Å². The van der Waals surface area contributed by atoms with Gasteiger partial charge in [0.05, 0.1) is 44.4 Å². The number of rotatable bonds is 6. The molecule has 2 heterocycles. The van der Waals surface area contributed by atoms with E-state index in [1.165, 1.54) is 11.1 Å². The third-order valence-corrected chi connectivity index (χ3v) is 5.57. The maximum atomic E-state index is 6.13. The van der Waals surface area contributed by atoms with Crippen LogP contribution < -0.4 is 24.3 Å². The molecule has 3 aromatic rings. The maximum absolute atomic E-state index is 6.13. The molecule has 4 rings (SSSR count). The summed E-state index contributed by atoms with van der Waals surface area (Å²) >= 11 is 6.13. The van der Waals surface area contributed by atoms with Crippen LogP contribution in [0.15, 0.2) is 54.7 Å². The molecular weight excluding hydrogens is 374 g/mol. The zero-order valence-electron chi connectivity index (χ0n) is 16.1. The molecule has 1 fully saturated rings. The average Bonchev–Trinajstić information content (AvgIpc) is 2.74. The predicted molar refractivity (Wildman–Crippen MR) is 112 cm³/mol. The zero-order chi connectivity index (χ0) is 19.3. The number of H-pyrrole nitrogens is 1. The fourth-order valence-electron chi connectivity index (χ4n) is 3.73. The van der Waals surface area contributed by atoms with Crippen molar-refractivity contribution in [2.24, 2.45) is 0 Å². The van der Waals surface area contributed by atoms with Crippen LogP contribution in [0.25, 0.3) is 10.9 Å². The van der Waals surface area contributed by atoms with Gasteiger partial charge in [-0.2, -0.15) is 0 Å². The number of fused-ring (bicyclic) bond motifs is 1. The van der Waals surface area contributed by atoms with Crippen LogP contribution in [-0.4, -0.2) is 46.4 Å². The lowest BCUT2D eigenvalue weighted by Crippen LogP contribution is -3.15. The number of anilines is 1. The predicted octanol–water partition coefficient (Wildman–Crippen LogP) is 2.10. The lowest BCUT2D eigenvalue weighted by atomic mass is 10.1. The lowest BCUT2D eigenvalue weighted by molar-refractivity contribution is -0.900. The Bertz CT molecular complexity index is 925. The van der Waals surface area contributed by atoms with Crippen LogP contribution in [0, 0.1) is 0 Å². The number of aromatic nitrogens is 1. The summed E-state index contributed by atoms with van der Waals surface area (Å²) in [6.45, 7) is 6.04. The smallest absolute Gasteiger partial charge is 0.214 e. The number of nitrogens with one attached hydrogen (secondary N) is 2. The fourth-order valence-corrected chi connectivity index (χ4v) is 3.91. The minimum Gasteiger partial charge on any atom is -0.497 e. The minimum absolute atomic E-state index is 0.726. The summed E-state index contributed by atoms with van der Waals surface area (Å²) in [5, 5.41) is 1.98. The molecule has 0 bridgehead atoms. The first-order chi connectivity index (χ1) is 13.7. The Balaban J connectivity index is 1.30. The van der Waals surface area contributed by atoms with Gasteiger partial charge in [-0.3, -0.25) is 0 Å². The number of halogens is 1. The van der Waals surface area contributed by atoms with E-state index in [1.807, 2.05) is 42.6 Å². The molecule has 1 aliphatic heterocycles. The molecule has 5 nitrogen and oxygen atoms in total. The summed E-state index contributed by atoms with van der Waals surface area (Å²) in [5.74, 6) is 1.74. The molecule has 0 aliphatic carbocycles. The van der Waals surface area contributed by atoms with E-state index in [9.17, 15) is 0 Å². The van der Waals surface area contributed by atoms with Gasteiger partial charge in [-0.25, -0.2) is 4.98 Å². The van der Waals surface area contributed by atoms with E-state index in [1.54, 1.807) is 12.0 Å². The number of benzene rings is 2. The topological polar surface area (TPSA) is 40.3 Å².